The number of carbonyl (C=O) groups excluding carboxylic acids is 1. The zero-order valence-corrected chi connectivity index (χ0v) is 23.0. The number of benzene rings is 2. The first kappa shape index (κ1) is 28.4. The molecule has 0 radical (unpaired) electrons. The molecular weight excluding hydrogens is 447 g/mol. The monoisotopic (exact) mass is 494 g/mol. The Kier molecular flexibility index (Phi) is 11.5. The lowest BCUT2D eigenvalue weighted by atomic mass is 9.73. The Morgan fingerprint density at radius 2 is 1.44 bits per heavy atom. The molecule has 198 valence electrons. The average molecular weight is 495 g/mol. The topological polar surface area (TPSA) is 26.3 Å². The summed E-state index contributed by atoms with van der Waals surface area (Å²) in [5, 5.41) is 0. The van der Waals surface area contributed by atoms with Gasteiger partial charge in [0.2, 0.25) is 0 Å². The molecule has 1 aliphatic rings. The summed E-state index contributed by atoms with van der Waals surface area (Å²) in [6.07, 6.45) is 12.9. The quantitative estimate of drug-likeness (QED) is 0.157. The predicted molar refractivity (Wildman–Crippen MR) is 149 cm³/mol. The third-order valence-corrected chi connectivity index (χ3v) is 8.53. The number of rotatable bonds is 13. The lowest BCUT2D eigenvalue weighted by molar-refractivity contribution is -0.141. The van der Waals surface area contributed by atoms with E-state index >= 15 is 0 Å². The first-order valence-electron chi connectivity index (χ1n) is 14.5. The van der Waals surface area contributed by atoms with Gasteiger partial charge in [0.05, 0.1) is 0 Å². The van der Waals surface area contributed by atoms with Gasteiger partial charge in [0.25, 0.3) is 0 Å². The first-order valence-corrected chi connectivity index (χ1v) is 14.5. The highest BCUT2D eigenvalue weighted by Gasteiger charge is 2.26. The first-order chi connectivity index (χ1) is 17.4. The highest BCUT2D eigenvalue weighted by molar-refractivity contribution is 5.77. The normalized spacial score (nSPS) is 20.5. The van der Waals surface area contributed by atoms with Gasteiger partial charge in [0.15, 0.2) is 6.17 Å². The van der Waals surface area contributed by atoms with Gasteiger partial charge in [-0.2, -0.15) is 0 Å². The van der Waals surface area contributed by atoms with Gasteiger partial charge in [-0.15, -0.1) is 0 Å². The van der Waals surface area contributed by atoms with E-state index in [0.29, 0.717) is 18.1 Å². The van der Waals surface area contributed by atoms with Crippen LogP contribution in [-0.2, 0) is 4.79 Å². The molecule has 36 heavy (non-hydrogen) atoms. The molecular formula is C33H47FO2. The van der Waals surface area contributed by atoms with E-state index in [4.69, 9.17) is 4.74 Å². The van der Waals surface area contributed by atoms with Crippen molar-refractivity contribution in [1.82, 2.24) is 0 Å². The smallest absolute Gasteiger partial charge is 0.346 e. The van der Waals surface area contributed by atoms with Crippen LogP contribution in [0.5, 0.6) is 5.75 Å². The standard InChI is InChI=1S/C33H47FO2/c1-5-7-8-9-10-11-26-12-14-27(15-13-26)25(4)28-16-18-29(19-17-28)30-20-22-31(23-21-30)36-33(35)32(34)24(3)6-2/h16-27,32H,5-15H2,1-4H3. The molecule has 0 bridgehead atoms. The fraction of sp³-hybridized carbons (Fsp3) is 0.606. The van der Waals surface area contributed by atoms with Gasteiger partial charge in [0.1, 0.15) is 5.75 Å². The Balaban J connectivity index is 1.48. The highest BCUT2D eigenvalue weighted by Crippen LogP contribution is 2.40. The average Bonchev–Trinajstić information content (AvgIpc) is 2.92. The van der Waals surface area contributed by atoms with Crippen molar-refractivity contribution >= 4 is 5.97 Å². The van der Waals surface area contributed by atoms with Crippen molar-refractivity contribution in [2.75, 3.05) is 0 Å². The van der Waals surface area contributed by atoms with Crippen molar-refractivity contribution in [3.8, 4) is 16.9 Å². The van der Waals surface area contributed by atoms with Gasteiger partial charge < -0.3 is 4.74 Å². The summed E-state index contributed by atoms with van der Waals surface area (Å²) in [4.78, 5) is 12.0. The highest BCUT2D eigenvalue weighted by atomic mass is 19.1. The van der Waals surface area contributed by atoms with Crippen molar-refractivity contribution in [3.63, 3.8) is 0 Å². The number of alkyl halides is 1. The van der Waals surface area contributed by atoms with E-state index in [0.717, 1.165) is 23.0 Å². The Morgan fingerprint density at radius 3 is 2.03 bits per heavy atom. The number of ether oxygens (including phenoxy) is 1. The molecule has 3 atom stereocenters. The molecule has 2 aromatic carbocycles. The molecule has 3 unspecified atom stereocenters. The molecule has 1 aliphatic carbocycles. The third kappa shape index (κ3) is 8.18. The van der Waals surface area contributed by atoms with Crippen molar-refractivity contribution < 1.29 is 13.9 Å². The van der Waals surface area contributed by atoms with E-state index in [1.165, 1.54) is 69.8 Å². The van der Waals surface area contributed by atoms with Crippen LogP contribution in [0.1, 0.15) is 110 Å². The zero-order valence-electron chi connectivity index (χ0n) is 23.0. The van der Waals surface area contributed by atoms with Crippen LogP contribution in [0, 0.1) is 17.8 Å². The molecule has 0 N–H and O–H groups in total. The molecule has 1 saturated carbocycles. The minimum absolute atomic E-state index is 0.340. The molecule has 0 spiro atoms. The summed E-state index contributed by atoms with van der Waals surface area (Å²) < 4.78 is 19.3. The maximum atomic E-state index is 14.1. The van der Waals surface area contributed by atoms with Crippen molar-refractivity contribution in [1.29, 1.82) is 0 Å². The van der Waals surface area contributed by atoms with E-state index in [1.807, 2.05) is 19.1 Å². The number of carbonyl (C=O) groups is 1. The molecule has 1 fully saturated rings. The molecule has 3 heteroatoms. The fourth-order valence-electron chi connectivity index (χ4n) is 5.59. The van der Waals surface area contributed by atoms with E-state index in [-0.39, 0.29) is 5.92 Å². The van der Waals surface area contributed by atoms with E-state index < -0.39 is 12.1 Å². The lowest BCUT2D eigenvalue weighted by Crippen LogP contribution is -2.27. The Morgan fingerprint density at radius 1 is 0.861 bits per heavy atom. The van der Waals surface area contributed by atoms with Crippen LogP contribution in [-0.4, -0.2) is 12.1 Å². The van der Waals surface area contributed by atoms with Gasteiger partial charge >= 0.3 is 5.97 Å². The van der Waals surface area contributed by atoms with Gasteiger partial charge in [-0.1, -0.05) is 122 Å². The summed E-state index contributed by atoms with van der Waals surface area (Å²) in [5.74, 6) is 1.56. The molecule has 0 heterocycles. The number of hydrogen-bond acceptors (Lipinski definition) is 2. The van der Waals surface area contributed by atoms with Crippen LogP contribution in [0.4, 0.5) is 4.39 Å². The predicted octanol–water partition coefficient (Wildman–Crippen LogP) is 9.91. The van der Waals surface area contributed by atoms with E-state index in [1.54, 1.807) is 19.1 Å². The van der Waals surface area contributed by atoms with Crippen LogP contribution in [0.2, 0.25) is 0 Å². The number of unbranched alkanes of at least 4 members (excludes halogenated alkanes) is 4. The second kappa shape index (κ2) is 14.5. The van der Waals surface area contributed by atoms with Crippen molar-refractivity contribution in [2.24, 2.45) is 17.8 Å². The lowest BCUT2D eigenvalue weighted by Gasteiger charge is -2.32. The summed E-state index contributed by atoms with van der Waals surface area (Å²) in [5.41, 5.74) is 3.62. The molecule has 0 aromatic heterocycles. The fourth-order valence-corrected chi connectivity index (χ4v) is 5.59. The van der Waals surface area contributed by atoms with Gasteiger partial charge in [-0.3, -0.25) is 0 Å². The summed E-state index contributed by atoms with van der Waals surface area (Å²) in [7, 11) is 0. The van der Waals surface area contributed by atoms with Crippen LogP contribution in [0.15, 0.2) is 48.5 Å². The second-order valence-electron chi connectivity index (χ2n) is 11.1. The minimum Gasteiger partial charge on any atom is -0.424 e. The molecule has 3 rings (SSSR count). The molecule has 0 saturated heterocycles. The number of hydrogen-bond donors (Lipinski definition) is 0. The van der Waals surface area contributed by atoms with Crippen molar-refractivity contribution in [3.05, 3.63) is 54.1 Å². The Labute approximate surface area is 219 Å². The molecule has 2 nitrogen and oxygen atoms in total. The number of halogens is 1. The second-order valence-corrected chi connectivity index (χ2v) is 11.1. The maximum Gasteiger partial charge on any atom is 0.346 e. The van der Waals surface area contributed by atoms with Gasteiger partial charge in [-0.25, -0.2) is 9.18 Å². The summed E-state index contributed by atoms with van der Waals surface area (Å²) in [6.45, 7) is 8.27. The van der Waals surface area contributed by atoms with Crippen LogP contribution >= 0.6 is 0 Å². The third-order valence-electron chi connectivity index (χ3n) is 8.53. The Bertz CT molecular complexity index is 896. The maximum absolute atomic E-state index is 14.1. The Hall–Kier alpha value is -2.16. The van der Waals surface area contributed by atoms with Gasteiger partial charge in [-0.05, 0) is 65.3 Å². The molecule has 0 aliphatic heterocycles. The number of esters is 1. The molecule has 0 amide bonds. The SMILES string of the molecule is CCCCCCCC1CCC(C(C)c2ccc(-c3ccc(OC(=O)C(F)C(C)CC)cc3)cc2)CC1. The largest absolute Gasteiger partial charge is 0.424 e. The van der Waals surface area contributed by atoms with E-state index in [9.17, 15) is 9.18 Å². The van der Waals surface area contributed by atoms with Crippen molar-refractivity contribution in [2.45, 2.75) is 110 Å². The zero-order chi connectivity index (χ0) is 25.9. The van der Waals surface area contributed by atoms with Crippen LogP contribution < -0.4 is 4.74 Å². The summed E-state index contributed by atoms with van der Waals surface area (Å²) >= 11 is 0. The van der Waals surface area contributed by atoms with Crippen LogP contribution in [0.3, 0.4) is 0 Å². The van der Waals surface area contributed by atoms with Crippen LogP contribution in [0.25, 0.3) is 11.1 Å². The van der Waals surface area contributed by atoms with Gasteiger partial charge in [0, 0.05) is 0 Å². The minimum atomic E-state index is -1.59. The van der Waals surface area contributed by atoms with E-state index in [2.05, 4.69) is 38.1 Å². The summed E-state index contributed by atoms with van der Waals surface area (Å²) in [6, 6.07) is 16.3. The molecule has 2 aromatic rings.